The molecule has 20 heavy (non-hydrogen) atoms. The molecule has 0 spiro atoms. The minimum atomic E-state index is -0.170. The normalized spacial score (nSPS) is 28.1. The molecule has 0 N–H and O–H groups in total. The molecule has 1 aromatic carbocycles. The van der Waals surface area contributed by atoms with Crippen LogP contribution in [-0.4, -0.2) is 12.7 Å². The molecule has 0 bridgehead atoms. The monoisotopic (exact) mass is 270 g/mol. The van der Waals surface area contributed by atoms with E-state index < -0.39 is 0 Å². The van der Waals surface area contributed by atoms with Crippen molar-refractivity contribution in [3.8, 4) is 5.75 Å². The van der Waals surface area contributed by atoms with Gasteiger partial charge in [-0.05, 0) is 49.3 Å². The summed E-state index contributed by atoms with van der Waals surface area (Å²) in [5, 5.41) is 0. The topological polar surface area (TPSA) is 18.5 Å². The summed E-state index contributed by atoms with van der Waals surface area (Å²) in [7, 11) is 1.69. The summed E-state index contributed by atoms with van der Waals surface area (Å²) in [6.07, 6.45) is 13.9. The molecular weight excluding hydrogens is 248 g/mol. The Labute approximate surface area is 121 Å². The first-order chi connectivity index (χ1) is 9.82. The summed E-state index contributed by atoms with van der Waals surface area (Å²) >= 11 is 0. The quantitative estimate of drug-likeness (QED) is 0.761. The standard InChI is InChI=1S/C18H22O2/c1-19-17-10-8-15(9-11-17)14-20-18-12-4-2-6-16(18)7-3-5-13-18/h4-5,8-13,16H,2-3,6-7,14H2,1H3. The lowest BCUT2D eigenvalue weighted by Gasteiger charge is -2.40. The van der Waals surface area contributed by atoms with Crippen molar-refractivity contribution in [3.05, 3.63) is 54.1 Å². The average Bonchev–Trinajstić information content (AvgIpc) is 2.53. The second-order valence-electron chi connectivity index (χ2n) is 5.65. The third kappa shape index (κ3) is 2.66. The van der Waals surface area contributed by atoms with E-state index in [4.69, 9.17) is 9.47 Å². The molecule has 3 rings (SSSR count). The zero-order valence-electron chi connectivity index (χ0n) is 12.0. The fourth-order valence-corrected chi connectivity index (χ4v) is 3.20. The molecule has 0 aromatic heterocycles. The van der Waals surface area contributed by atoms with E-state index in [-0.39, 0.29) is 5.60 Å². The lowest BCUT2D eigenvalue weighted by Crippen LogP contribution is -2.40. The average molecular weight is 270 g/mol. The SMILES string of the molecule is COc1ccc(COC23C=CCCC2CCC=C3)cc1. The maximum Gasteiger partial charge on any atom is 0.118 e. The van der Waals surface area contributed by atoms with Crippen LogP contribution >= 0.6 is 0 Å². The van der Waals surface area contributed by atoms with Crippen molar-refractivity contribution in [2.45, 2.75) is 37.9 Å². The molecule has 0 saturated heterocycles. The molecule has 0 atom stereocenters. The Hall–Kier alpha value is -1.54. The second-order valence-corrected chi connectivity index (χ2v) is 5.65. The molecule has 0 unspecified atom stereocenters. The summed E-state index contributed by atoms with van der Waals surface area (Å²) in [5.74, 6) is 1.52. The number of ether oxygens (including phenoxy) is 2. The number of benzene rings is 1. The molecule has 2 nitrogen and oxygen atoms in total. The lowest BCUT2D eigenvalue weighted by atomic mass is 9.74. The Balaban J connectivity index is 1.72. The van der Waals surface area contributed by atoms with Crippen molar-refractivity contribution >= 4 is 0 Å². The first kappa shape index (κ1) is 13.4. The highest BCUT2D eigenvalue weighted by Gasteiger charge is 2.37. The van der Waals surface area contributed by atoms with Crippen molar-refractivity contribution in [1.29, 1.82) is 0 Å². The van der Waals surface area contributed by atoms with Gasteiger partial charge < -0.3 is 9.47 Å². The third-order valence-corrected chi connectivity index (χ3v) is 4.41. The van der Waals surface area contributed by atoms with Crippen LogP contribution in [0.2, 0.25) is 0 Å². The van der Waals surface area contributed by atoms with Crippen LogP contribution in [0.25, 0.3) is 0 Å². The molecule has 0 saturated carbocycles. The molecular formula is C18H22O2. The molecule has 106 valence electrons. The smallest absolute Gasteiger partial charge is 0.118 e. The fraction of sp³-hybridized carbons (Fsp3) is 0.444. The van der Waals surface area contributed by atoms with Gasteiger partial charge in [0.25, 0.3) is 0 Å². The zero-order chi connectivity index (χ0) is 13.8. The minimum absolute atomic E-state index is 0.170. The van der Waals surface area contributed by atoms with Crippen molar-refractivity contribution < 1.29 is 9.47 Å². The second kappa shape index (κ2) is 5.84. The lowest BCUT2D eigenvalue weighted by molar-refractivity contribution is -0.0384. The fourth-order valence-electron chi connectivity index (χ4n) is 3.20. The van der Waals surface area contributed by atoms with E-state index in [0.29, 0.717) is 12.5 Å². The molecule has 2 aliphatic rings. The molecule has 0 amide bonds. The van der Waals surface area contributed by atoms with Crippen molar-refractivity contribution in [1.82, 2.24) is 0 Å². The van der Waals surface area contributed by atoms with Gasteiger partial charge >= 0.3 is 0 Å². The first-order valence-electron chi connectivity index (χ1n) is 7.45. The molecule has 2 heteroatoms. The maximum absolute atomic E-state index is 6.32. The predicted molar refractivity (Wildman–Crippen MR) is 80.8 cm³/mol. The summed E-state index contributed by atoms with van der Waals surface area (Å²) in [6, 6.07) is 8.12. The first-order valence-corrected chi connectivity index (χ1v) is 7.45. The Kier molecular flexibility index (Phi) is 3.93. The Morgan fingerprint density at radius 1 is 1.05 bits per heavy atom. The van der Waals surface area contributed by atoms with Gasteiger partial charge in [-0.25, -0.2) is 0 Å². The van der Waals surface area contributed by atoms with E-state index in [2.05, 4.69) is 36.4 Å². The van der Waals surface area contributed by atoms with Crippen LogP contribution in [-0.2, 0) is 11.3 Å². The largest absolute Gasteiger partial charge is 0.497 e. The van der Waals surface area contributed by atoms with Crippen molar-refractivity contribution in [2.75, 3.05) is 7.11 Å². The van der Waals surface area contributed by atoms with E-state index in [0.717, 1.165) is 5.75 Å². The van der Waals surface area contributed by atoms with Gasteiger partial charge in [0.15, 0.2) is 0 Å². The number of hydrogen-bond acceptors (Lipinski definition) is 2. The third-order valence-electron chi connectivity index (χ3n) is 4.41. The zero-order valence-corrected chi connectivity index (χ0v) is 12.0. The molecule has 0 heterocycles. The van der Waals surface area contributed by atoms with Gasteiger partial charge in [0, 0.05) is 0 Å². The summed E-state index contributed by atoms with van der Waals surface area (Å²) in [6.45, 7) is 0.648. The van der Waals surface area contributed by atoms with Gasteiger partial charge in [-0.1, -0.05) is 36.4 Å². The number of fused-ring (bicyclic) bond motifs is 1. The molecule has 0 radical (unpaired) electrons. The van der Waals surface area contributed by atoms with E-state index in [1.165, 1.54) is 31.2 Å². The Bertz CT molecular complexity index is 481. The van der Waals surface area contributed by atoms with Crippen LogP contribution in [0.3, 0.4) is 0 Å². The minimum Gasteiger partial charge on any atom is -0.497 e. The number of hydrogen-bond donors (Lipinski definition) is 0. The van der Waals surface area contributed by atoms with Gasteiger partial charge in [0.2, 0.25) is 0 Å². The van der Waals surface area contributed by atoms with E-state index in [9.17, 15) is 0 Å². The predicted octanol–water partition coefficient (Wildman–Crippen LogP) is 4.27. The number of rotatable bonds is 4. The Morgan fingerprint density at radius 2 is 1.70 bits per heavy atom. The van der Waals surface area contributed by atoms with Crippen LogP contribution in [0.1, 0.15) is 31.2 Å². The highest BCUT2D eigenvalue weighted by Crippen LogP contribution is 2.40. The van der Waals surface area contributed by atoms with Gasteiger partial charge in [-0.3, -0.25) is 0 Å². The van der Waals surface area contributed by atoms with Crippen LogP contribution in [0.5, 0.6) is 5.75 Å². The van der Waals surface area contributed by atoms with Gasteiger partial charge in [0.1, 0.15) is 11.4 Å². The molecule has 2 aliphatic carbocycles. The molecule has 1 aromatic rings. The van der Waals surface area contributed by atoms with E-state index >= 15 is 0 Å². The number of methoxy groups -OCH3 is 1. The van der Waals surface area contributed by atoms with Gasteiger partial charge in [-0.15, -0.1) is 0 Å². The maximum atomic E-state index is 6.32. The van der Waals surface area contributed by atoms with Crippen LogP contribution in [0.15, 0.2) is 48.6 Å². The summed E-state index contributed by atoms with van der Waals surface area (Å²) in [4.78, 5) is 0. The highest BCUT2D eigenvalue weighted by atomic mass is 16.5. The van der Waals surface area contributed by atoms with Crippen LogP contribution in [0.4, 0.5) is 0 Å². The van der Waals surface area contributed by atoms with Gasteiger partial charge in [0.05, 0.1) is 13.7 Å². The molecule has 0 fully saturated rings. The van der Waals surface area contributed by atoms with Crippen molar-refractivity contribution in [2.24, 2.45) is 5.92 Å². The molecule has 0 aliphatic heterocycles. The van der Waals surface area contributed by atoms with Gasteiger partial charge in [-0.2, -0.15) is 0 Å². The van der Waals surface area contributed by atoms with Crippen molar-refractivity contribution in [3.63, 3.8) is 0 Å². The Morgan fingerprint density at radius 3 is 2.30 bits per heavy atom. The van der Waals surface area contributed by atoms with E-state index in [1.807, 2.05) is 12.1 Å². The highest BCUT2D eigenvalue weighted by molar-refractivity contribution is 5.27. The summed E-state index contributed by atoms with van der Waals surface area (Å²) < 4.78 is 11.5. The summed E-state index contributed by atoms with van der Waals surface area (Å²) in [5.41, 5.74) is 1.02. The van der Waals surface area contributed by atoms with E-state index in [1.54, 1.807) is 7.11 Å². The van der Waals surface area contributed by atoms with Crippen LogP contribution in [0, 0.1) is 5.92 Å². The van der Waals surface area contributed by atoms with Crippen LogP contribution < -0.4 is 4.74 Å². The number of allylic oxidation sites excluding steroid dienone is 2.